The van der Waals surface area contributed by atoms with Crippen LogP contribution in [-0.2, 0) is 13.0 Å². The van der Waals surface area contributed by atoms with E-state index in [4.69, 9.17) is 10.5 Å². The van der Waals surface area contributed by atoms with E-state index in [9.17, 15) is 8.78 Å². The van der Waals surface area contributed by atoms with Crippen LogP contribution in [0.25, 0.3) is 0 Å². The van der Waals surface area contributed by atoms with E-state index in [1.54, 1.807) is 12.1 Å². The van der Waals surface area contributed by atoms with Crippen LogP contribution in [0.5, 0.6) is 5.75 Å². The SMILES string of the molecule is CC(N)Cc1cc(F)ccc1OCc1cc(F)cc(Br)c1. The van der Waals surface area contributed by atoms with Crippen molar-refractivity contribution in [3.8, 4) is 5.75 Å². The summed E-state index contributed by atoms with van der Waals surface area (Å²) < 4.78 is 32.9. The van der Waals surface area contributed by atoms with E-state index in [-0.39, 0.29) is 24.3 Å². The van der Waals surface area contributed by atoms with Gasteiger partial charge in [0.1, 0.15) is 24.0 Å². The highest BCUT2D eigenvalue weighted by atomic mass is 79.9. The molecule has 0 aliphatic heterocycles. The highest BCUT2D eigenvalue weighted by molar-refractivity contribution is 9.10. The van der Waals surface area contributed by atoms with Crippen LogP contribution in [0.15, 0.2) is 40.9 Å². The molecule has 1 unspecified atom stereocenters. The van der Waals surface area contributed by atoms with Gasteiger partial charge in [0.25, 0.3) is 0 Å². The number of nitrogens with two attached hydrogens (primary N) is 1. The summed E-state index contributed by atoms with van der Waals surface area (Å²) in [5.74, 6) is -0.0986. The van der Waals surface area contributed by atoms with Crippen molar-refractivity contribution < 1.29 is 13.5 Å². The fraction of sp³-hybridized carbons (Fsp3) is 0.250. The molecule has 0 saturated heterocycles. The molecule has 2 aromatic rings. The Morgan fingerprint density at radius 1 is 1.14 bits per heavy atom. The monoisotopic (exact) mass is 355 g/mol. The lowest BCUT2D eigenvalue weighted by atomic mass is 10.1. The van der Waals surface area contributed by atoms with Crippen LogP contribution in [-0.4, -0.2) is 6.04 Å². The van der Waals surface area contributed by atoms with Gasteiger partial charge in [-0.2, -0.15) is 0 Å². The Bertz CT molecular complexity index is 611. The Hall–Kier alpha value is -1.46. The highest BCUT2D eigenvalue weighted by Crippen LogP contribution is 2.23. The van der Waals surface area contributed by atoms with Crippen molar-refractivity contribution in [3.63, 3.8) is 0 Å². The van der Waals surface area contributed by atoms with Crippen LogP contribution in [0, 0.1) is 11.6 Å². The van der Waals surface area contributed by atoms with Gasteiger partial charge >= 0.3 is 0 Å². The molecule has 2 aromatic carbocycles. The molecule has 0 aromatic heterocycles. The third-order valence-electron chi connectivity index (χ3n) is 2.88. The molecule has 2 rings (SSSR count). The van der Waals surface area contributed by atoms with Crippen molar-refractivity contribution in [3.05, 3.63) is 63.6 Å². The van der Waals surface area contributed by atoms with Crippen LogP contribution in [0.1, 0.15) is 18.1 Å². The normalized spacial score (nSPS) is 12.2. The fourth-order valence-electron chi connectivity index (χ4n) is 2.05. The van der Waals surface area contributed by atoms with Crippen LogP contribution in [0.3, 0.4) is 0 Å². The highest BCUT2D eigenvalue weighted by Gasteiger charge is 2.09. The Balaban J connectivity index is 2.15. The molecular formula is C16H16BrF2NO. The molecule has 1 atom stereocenters. The first-order chi connectivity index (χ1) is 9.94. The van der Waals surface area contributed by atoms with Gasteiger partial charge in [-0.25, -0.2) is 8.78 Å². The second kappa shape index (κ2) is 7.00. The maximum Gasteiger partial charge on any atom is 0.124 e. The first kappa shape index (κ1) is 15.9. The standard InChI is InChI=1S/C16H16BrF2NO/c1-10(20)4-12-7-14(18)2-3-16(12)21-9-11-5-13(17)8-15(19)6-11/h2-3,5-8,10H,4,9,20H2,1H3. The van der Waals surface area contributed by atoms with Gasteiger partial charge in [0.05, 0.1) is 0 Å². The summed E-state index contributed by atoms with van der Waals surface area (Å²) in [4.78, 5) is 0. The number of rotatable bonds is 5. The zero-order valence-electron chi connectivity index (χ0n) is 11.6. The molecule has 21 heavy (non-hydrogen) atoms. The Morgan fingerprint density at radius 3 is 2.57 bits per heavy atom. The summed E-state index contributed by atoms with van der Waals surface area (Å²) in [5.41, 5.74) is 7.16. The van der Waals surface area contributed by atoms with E-state index < -0.39 is 0 Å². The lowest BCUT2D eigenvalue weighted by molar-refractivity contribution is 0.301. The van der Waals surface area contributed by atoms with Crippen molar-refractivity contribution in [1.29, 1.82) is 0 Å². The number of ether oxygens (including phenoxy) is 1. The van der Waals surface area contributed by atoms with Crippen LogP contribution >= 0.6 is 15.9 Å². The zero-order valence-corrected chi connectivity index (χ0v) is 13.2. The minimum atomic E-state index is -0.335. The molecule has 112 valence electrons. The van der Waals surface area contributed by atoms with Gasteiger partial charge in [0.2, 0.25) is 0 Å². The molecule has 0 aliphatic carbocycles. The third kappa shape index (κ3) is 4.79. The summed E-state index contributed by atoms with van der Waals surface area (Å²) in [6, 6.07) is 8.78. The predicted octanol–water partition coefficient (Wildman–Crippen LogP) is 4.20. The molecule has 0 heterocycles. The van der Waals surface area contributed by atoms with Gasteiger partial charge in [0.15, 0.2) is 0 Å². The number of halogens is 3. The van der Waals surface area contributed by atoms with E-state index >= 15 is 0 Å². The lowest BCUT2D eigenvalue weighted by Gasteiger charge is -2.13. The smallest absolute Gasteiger partial charge is 0.124 e. The van der Waals surface area contributed by atoms with E-state index in [0.29, 0.717) is 27.8 Å². The van der Waals surface area contributed by atoms with E-state index in [2.05, 4.69) is 15.9 Å². The van der Waals surface area contributed by atoms with E-state index in [0.717, 1.165) is 0 Å². The number of benzene rings is 2. The maximum absolute atomic E-state index is 13.3. The third-order valence-corrected chi connectivity index (χ3v) is 3.34. The first-order valence-electron chi connectivity index (χ1n) is 6.56. The van der Waals surface area contributed by atoms with Gasteiger partial charge in [-0.1, -0.05) is 15.9 Å². The topological polar surface area (TPSA) is 35.2 Å². The summed E-state index contributed by atoms with van der Waals surface area (Å²) >= 11 is 3.23. The summed E-state index contributed by atoms with van der Waals surface area (Å²) in [6.07, 6.45) is 0.514. The average Bonchev–Trinajstić information content (AvgIpc) is 2.36. The number of hydrogen-bond acceptors (Lipinski definition) is 2. The second-order valence-electron chi connectivity index (χ2n) is 5.00. The maximum atomic E-state index is 13.3. The zero-order chi connectivity index (χ0) is 15.4. The average molecular weight is 356 g/mol. The fourth-order valence-corrected chi connectivity index (χ4v) is 2.56. The molecule has 0 radical (unpaired) electrons. The largest absolute Gasteiger partial charge is 0.489 e. The molecule has 5 heteroatoms. The Morgan fingerprint density at radius 2 is 1.90 bits per heavy atom. The van der Waals surface area contributed by atoms with Crippen molar-refractivity contribution in [2.75, 3.05) is 0 Å². The van der Waals surface area contributed by atoms with Gasteiger partial charge in [0, 0.05) is 10.5 Å². The van der Waals surface area contributed by atoms with E-state index in [1.807, 2.05) is 6.92 Å². The van der Waals surface area contributed by atoms with Crippen molar-refractivity contribution in [1.82, 2.24) is 0 Å². The first-order valence-corrected chi connectivity index (χ1v) is 7.35. The predicted molar refractivity (Wildman–Crippen MR) is 82.2 cm³/mol. The quantitative estimate of drug-likeness (QED) is 0.872. The van der Waals surface area contributed by atoms with E-state index in [1.165, 1.54) is 24.3 Å². The van der Waals surface area contributed by atoms with Gasteiger partial charge < -0.3 is 10.5 Å². The molecule has 0 bridgehead atoms. The number of hydrogen-bond donors (Lipinski definition) is 1. The molecule has 0 aliphatic rings. The van der Waals surface area contributed by atoms with Crippen LogP contribution in [0.2, 0.25) is 0 Å². The van der Waals surface area contributed by atoms with Crippen molar-refractivity contribution in [2.45, 2.75) is 26.0 Å². The molecule has 0 amide bonds. The van der Waals surface area contributed by atoms with Gasteiger partial charge in [-0.05, 0) is 60.9 Å². The minimum absolute atomic E-state index is 0.0996. The van der Waals surface area contributed by atoms with Crippen molar-refractivity contribution >= 4 is 15.9 Å². The van der Waals surface area contributed by atoms with Gasteiger partial charge in [-0.3, -0.25) is 0 Å². The molecule has 0 fully saturated rings. The molecular weight excluding hydrogens is 340 g/mol. The summed E-state index contributed by atoms with van der Waals surface area (Å²) in [6.45, 7) is 2.05. The molecule has 0 saturated carbocycles. The van der Waals surface area contributed by atoms with Crippen LogP contribution in [0.4, 0.5) is 8.78 Å². The summed E-state index contributed by atoms with van der Waals surface area (Å²) in [5, 5.41) is 0. The minimum Gasteiger partial charge on any atom is -0.489 e. The van der Waals surface area contributed by atoms with Gasteiger partial charge in [-0.15, -0.1) is 0 Å². The molecule has 2 nitrogen and oxygen atoms in total. The van der Waals surface area contributed by atoms with Crippen LogP contribution < -0.4 is 10.5 Å². The summed E-state index contributed by atoms with van der Waals surface area (Å²) in [7, 11) is 0. The lowest BCUT2D eigenvalue weighted by Crippen LogP contribution is -2.18. The van der Waals surface area contributed by atoms with Crippen molar-refractivity contribution in [2.24, 2.45) is 5.73 Å². The Labute approximate surface area is 131 Å². The Kier molecular flexibility index (Phi) is 5.31. The molecule has 2 N–H and O–H groups in total. The second-order valence-corrected chi connectivity index (χ2v) is 5.92. The molecule has 0 spiro atoms.